The minimum absolute atomic E-state index is 0. The highest BCUT2D eigenvalue weighted by Crippen LogP contribution is 2.29. The summed E-state index contributed by atoms with van der Waals surface area (Å²) in [5.74, 6) is -0.00490. The molecule has 1 atom stereocenters. The van der Waals surface area contributed by atoms with Gasteiger partial charge in [0.15, 0.2) is 5.65 Å². The zero-order chi connectivity index (χ0) is 19.3. The first-order valence-electron chi connectivity index (χ1n) is 9.60. The number of nitrogens with zero attached hydrogens (tertiary/aromatic N) is 5. The van der Waals surface area contributed by atoms with Crippen molar-refractivity contribution in [2.75, 3.05) is 13.1 Å². The van der Waals surface area contributed by atoms with Gasteiger partial charge in [-0.1, -0.05) is 0 Å². The third kappa shape index (κ3) is 5.24. The van der Waals surface area contributed by atoms with Crippen LogP contribution in [0.1, 0.15) is 35.7 Å². The molecule has 0 bridgehead atoms. The maximum atomic E-state index is 15.0. The second-order valence-corrected chi connectivity index (χ2v) is 7.57. The molecule has 1 fully saturated rings. The van der Waals surface area contributed by atoms with Gasteiger partial charge >= 0.3 is 0 Å². The molecule has 0 amide bonds. The van der Waals surface area contributed by atoms with Gasteiger partial charge < -0.3 is 5.32 Å². The number of hydrogen-bond donors (Lipinski definition) is 1. The molecule has 1 aliphatic heterocycles. The van der Waals surface area contributed by atoms with Gasteiger partial charge in [0.1, 0.15) is 5.82 Å². The lowest BCUT2D eigenvalue weighted by Gasteiger charge is -2.21. The monoisotopic (exact) mass is 520 g/mol. The number of fused-ring (bicyclic) bond motifs is 2. The molecule has 1 aliphatic rings. The van der Waals surface area contributed by atoms with E-state index in [2.05, 4.69) is 25.6 Å². The van der Waals surface area contributed by atoms with Crippen LogP contribution in [0.5, 0.6) is 0 Å². The fourth-order valence-electron chi connectivity index (χ4n) is 3.95. The molecule has 0 radical (unpaired) electrons. The van der Waals surface area contributed by atoms with E-state index >= 15 is 0 Å². The summed E-state index contributed by atoms with van der Waals surface area (Å²) in [6, 6.07) is 7.16. The average molecular weight is 522 g/mol. The number of aryl methyl sites for hydroxylation is 2. The van der Waals surface area contributed by atoms with Crippen molar-refractivity contribution in [2.24, 2.45) is 0 Å². The molecule has 5 rings (SSSR count). The fourth-order valence-corrected chi connectivity index (χ4v) is 3.95. The Morgan fingerprint density at radius 2 is 1.81 bits per heavy atom. The van der Waals surface area contributed by atoms with Gasteiger partial charge in [-0.15, -0.1) is 49.6 Å². The van der Waals surface area contributed by atoms with E-state index in [9.17, 15) is 4.39 Å². The van der Waals surface area contributed by atoms with Crippen molar-refractivity contribution in [1.29, 1.82) is 0 Å². The van der Waals surface area contributed by atoms with Crippen molar-refractivity contribution in [3.8, 4) is 11.3 Å². The summed E-state index contributed by atoms with van der Waals surface area (Å²) in [6.07, 6.45) is 4.03. The van der Waals surface area contributed by atoms with Crippen molar-refractivity contribution >= 4 is 66.2 Å². The van der Waals surface area contributed by atoms with Gasteiger partial charge in [-0.05, 0) is 63.1 Å². The Kier molecular flexibility index (Phi) is 10.1. The van der Waals surface area contributed by atoms with E-state index in [1.54, 1.807) is 4.52 Å². The van der Waals surface area contributed by atoms with E-state index in [0.717, 1.165) is 48.5 Å². The van der Waals surface area contributed by atoms with E-state index in [1.165, 1.54) is 6.07 Å². The molecule has 3 aromatic heterocycles. The summed E-state index contributed by atoms with van der Waals surface area (Å²) in [7, 11) is 0. The average Bonchev–Trinajstić information content (AvgIpc) is 3.09. The van der Waals surface area contributed by atoms with Gasteiger partial charge in [-0.3, -0.25) is 0 Å². The SMILES string of the molecule is Cc1cn2nc(-c3cc(F)c4cc(C5CCCNC5)nnc4c3)cc(C)c2n1.Cl.Cl.Cl.Cl. The molecular weight excluding hydrogens is 497 g/mol. The first-order valence-corrected chi connectivity index (χ1v) is 9.60. The Hall–Kier alpha value is -1.77. The van der Waals surface area contributed by atoms with Crippen molar-refractivity contribution in [3.05, 3.63) is 53.2 Å². The van der Waals surface area contributed by atoms with E-state index in [4.69, 9.17) is 0 Å². The van der Waals surface area contributed by atoms with E-state index in [-0.39, 0.29) is 55.4 Å². The first-order chi connectivity index (χ1) is 13.6. The third-order valence-electron chi connectivity index (χ3n) is 5.41. The lowest BCUT2D eigenvalue weighted by atomic mass is 9.95. The van der Waals surface area contributed by atoms with Crippen molar-refractivity contribution < 1.29 is 4.39 Å². The van der Waals surface area contributed by atoms with Crippen LogP contribution in [0.3, 0.4) is 0 Å². The van der Waals surface area contributed by atoms with Crippen LogP contribution >= 0.6 is 49.6 Å². The first kappa shape index (κ1) is 28.3. The number of piperidine rings is 1. The number of halogens is 5. The molecular formula is C21H25Cl4FN6. The van der Waals surface area contributed by atoms with Crippen LogP contribution in [0.4, 0.5) is 4.39 Å². The summed E-state index contributed by atoms with van der Waals surface area (Å²) in [5, 5.41) is 17.2. The maximum absolute atomic E-state index is 15.0. The topological polar surface area (TPSA) is 68.0 Å². The van der Waals surface area contributed by atoms with Gasteiger partial charge in [0.2, 0.25) is 0 Å². The van der Waals surface area contributed by atoms with Gasteiger partial charge in [-0.25, -0.2) is 13.9 Å². The molecule has 0 aliphatic carbocycles. The summed E-state index contributed by atoms with van der Waals surface area (Å²) < 4.78 is 16.7. The summed E-state index contributed by atoms with van der Waals surface area (Å²) in [5.41, 5.74) is 5.47. The molecule has 4 heterocycles. The number of aromatic nitrogens is 5. The molecule has 1 N–H and O–H groups in total. The van der Waals surface area contributed by atoms with E-state index < -0.39 is 0 Å². The highest BCUT2D eigenvalue weighted by Gasteiger charge is 2.19. The predicted octanol–water partition coefficient (Wildman–Crippen LogP) is 5.25. The highest BCUT2D eigenvalue weighted by atomic mass is 35.5. The molecule has 6 nitrogen and oxygen atoms in total. The summed E-state index contributed by atoms with van der Waals surface area (Å²) in [4.78, 5) is 4.47. The lowest BCUT2D eigenvalue weighted by Crippen LogP contribution is -2.29. The molecule has 0 saturated carbocycles. The van der Waals surface area contributed by atoms with Crippen LogP contribution in [-0.4, -0.2) is 37.9 Å². The Morgan fingerprint density at radius 1 is 1.03 bits per heavy atom. The quantitative estimate of drug-likeness (QED) is 0.390. The van der Waals surface area contributed by atoms with Crippen LogP contribution in [0.15, 0.2) is 30.5 Å². The van der Waals surface area contributed by atoms with Crippen LogP contribution in [0.2, 0.25) is 0 Å². The van der Waals surface area contributed by atoms with Gasteiger partial charge in [-0.2, -0.15) is 15.3 Å². The largest absolute Gasteiger partial charge is 0.316 e. The van der Waals surface area contributed by atoms with Crippen LogP contribution < -0.4 is 5.32 Å². The van der Waals surface area contributed by atoms with Crippen LogP contribution in [0, 0.1) is 19.7 Å². The van der Waals surface area contributed by atoms with E-state index in [0.29, 0.717) is 28.1 Å². The van der Waals surface area contributed by atoms with Gasteiger partial charge in [0, 0.05) is 23.4 Å². The van der Waals surface area contributed by atoms with Crippen LogP contribution in [-0.2, 0) is 0 Å². The van der Waals surface area contributed by atoms with E-state index in [1.807, 2.05) is 38.2 Å². The van der Waals surface area contributed by atoms with Gasteiger partial charge in [0.25, 0.3) is 0 Å². The van der Waals surface area contributed by atoms with Crippen molar-refractivity contribution in [2.45, 2.75) is 32.6 Å². The molecule has 1 unspecified atom stereocenters. The highest BCUT2D eigenvalue weighted by molar-refractivity contribution is 5.86. The molecule has 1 saturated heterocycles. The minimum Gasteiger partial charge on any atom is -0.316 e. The zero-order valence-corrected chi connectivity index (χ0v) is 20.8. The molecule has 174 valence electrons. The Morgan fingerprint density at radius 3 is 2.53 bits per heavy atom. The normalized spacial score (nSPS) is 15.3. The number of benzene rings is 1. The molecule has 0 spiro atoms. The Bertz CT molecular complexity index is 1210. The standard InChI is InChI=1S/C21H21FN6.4ClH/c1-12-6-19(27-28-11-13(2)24-21(12)28)15-7-17(22)16-9-18(25-26-20(16)8-15)14-4-3-5-23-10-14;;;;/h6-9,11,14,23H,3-5,10H2,1-2H3;4*1H. The smallest absolute Gasteiger partial charge is 0.156 e. The number of rotatable bonds is 2. The van der Waals surface area contributed by atoms with Crippen molar-refractivity contribution in [3.63, 3.8) is 0 Å². The van der Waals surface area contributed by atoms with Gasteiger partial charge in [0.05, 0.1) is 28.8 Å². The third-order valence-corrected chi connectivity index (χ3v) is 5.41. The molecule has 1 aromatic carbocycles. The van der Waals surface area contributed by atoms with Crippen molar-refractivity contribution in [1.82, 2.24) is 30.1 Å². The number of hydrogen-bond acceptors (Lipinski definition) is 5. The molecule has 32 heavy (non-hydrogen) atoms. The minimum atomic E-state index is -0.297. The zero-order valence-electron chi connectivity index (χ0n) is 17.5. The Labute approximate surface area is 210 Å². The predicted molar refractivity (Wildman–Crippen MR) is 135 cm³/mol. The van der Waals surface area contributed by atoms with Crippen LogP contribution in [0.25, 0.3) is 27.8 Å². The fraction of sp³-hybridized carbons (Fsp3) is 0.333. The molecule has 11 heteroatoms. The molecule has 4 aromatic rings. The Balaban J connectivity index is 0.00000128. The number of imidazole rings is 1. The summed E-state index contributed by atoms with van der Waals surface area (Å²) in [6.45, 7) is 5.81. The summed E-state index contributed by atoms with van der Waals surface area (Å²) >= 11 is 0. The second kappa shape index (κ2) is 11.4. The second-order valence-electron chi connectivity index (χ2n) is 7.57. The number of nitrogens with one attached hydrogen (secondary N) is 1. The maximum Gasteiger partial charge on any atom is 0.156 e. The lowest BCUT2D eigenvalue weighted by molar-refractivity contribution is 0.452.